The summed E-state index contributed by atoms with van der Waals surface area (Å²) < 4.78 is 28.1. The molecule has 3 N–H and O–H groups in total. The third-order valence-corrected chi connectivity index (χ3v) is 6.22. The van der Waals surface area contributed by atoms with Gasteiger partial charge in [0.2, 0.25) is 10.0 Å². The summed E-state index contributed by atoms with van der Waals surface area (Å²) in [6, 6.07) is 3.47. The highest BCUT2D eigenvalue weighted by Crippen LogP contribution is 2.28. The molecular formula is C16H26N2O2S. The van der Waals surface area contributed by atoms with Crippen molar-refractivity contribution < 1.29 is 8.42 Å². The van der Waals surface area contributed by atoms with Crippen molar-refractivity contribution in [1.29, 1.82) is 0 Å². The van der Waals surface area contributed by atoms with Crippen molar-refractivity contribution in [2.75, 3.05) is 5.73 Å². The normalized spacial score (nSPS) is 18.6. The lowest BCUT2D eigenvalue weighted by molar-refractivity contribution is 0.303. The summed E-state index contributed by atoms with van der Waals surface area (Å²) in [4.78, 5) is 0.308. The van der Waals surface area contributed by atoms with Gasteiger partial charge in [0.05, 0.1) is 4.90 Å². The molecule has 1 aromatic carbocycles. The first-order valence-corrected chi connectivity index (χ1v) is 9.18. The first-order valence-electron chi connectivity index (χ1n) is 7.70. The number of nitrogens with one attached hydrogen (secondary N) is 1. The van der Waals surface area contributed by atoms with E-state index in [4.69, 9.17) is 5.73 Å². The molecule has 118 valence electrons. The summed E-state index contributed by atoms with van der Waals surface area (Å²) in [6.45, 7) is 5.59. The maximum Gasteiger partial charge on any atom is 0.241 e. The van der Waals surface area contributed by atoms with E-state index in [0.717, 1.165) is 18.4 Å². The Morgan fingerprint density at radius 2 is 1.81 bits per heavy atom. The van der Waals surface area contributed by atoms with Crippen molar-refractivity contribution in [3.05, 3.63) is 23.3 Å². The van der Waals surface area contributed by atoms with Gasteiger partial charge in [0.1, 0.15) is 0 Å². The van der Waals surface area contributed by atoms with Gasteiger partial charge >= 0.3 is 0 Å². The molecule has 0 amide bonds. The van der Waals surface area contributed by atoms with Crippen molar-refractivity contribution in [2.45, 2.75) is 63.8 Å². The zero-order valence-corrected chi connectivity index (χ0v) is 14.0. The monoisotopic (exact) mass is 310 g/mol. The van der Waals surface area contributed by atoms with Crippen molar-refractivity contribution in [2.24, 2.45) is 5.92 Å². The van der Waals surface area contributed by atoms with Crippen LogP contribution in [0.25, 0.3) is 0 Å². The van der Waals surface area contributed by atoms with Crippen molar-refractivity contribution in [3.8, 4) is 0 Å². The third-order valence-electron chi connectivity index (χ3n) is 4.53. The third kappa shape index (κ3) is 3.77. The first-order chi connectivity index (χ1) is 9.81. The number of nitrogen functional groups attached to an aromatic ring is 1. The van der Waals surface area contributed by atoms with Crippen LogP contribution in [0.4, 0.5) is 5.69 Å². The Hall–Kier alpha value is -1.07. The van der Waals surface area contributed by atoms with Gasteiger partial charge in [0, 0.05) is 11.7 Å². The van der Waals surface area contributed by atoms with Gasteiger partial charge in [0.25, 0.3) is 0 Å². The molecule has 21 heavy (non-hydrogen) atoms. The zero-order chi connectivity index (χ0) is 15.6. The molecule has 0 aliphatic heterocycles. The predicted molar refractivity (Wildman–Crippen MR) is 86.7 cm³/mol. The molecule has 1 aliphatic rings. The highest BCUT2D eigenvalue weighted by atomic mass is 32.2. The highest BCUT2D eigenvalue weighted by Gasteiger charge is 2.26. The summed E-state index contributed by atoms with van der Waals surface area (Å²) in [6.07, 6.45) is 5.89. The fourth-order valence-electron chi connectivity index (χ4n) is 3.17. The molecule has 2 rings (SSSR count). The molecule has 0 aromatic heterocycles. The molecular weight excluding hydrogens is 284 g/mol. The molecule has 0 heterocycles. The molecule has 1 unspecified atom stereocenters. The van der Waals surface area contributed by atoms with Crippen molar-refractivity contribution in [1.82, 2.24) is 4.72 Å². The molecule has 1 saturated carbocycles. The van der Waals surface area contributed by atoms with E-state index in [1.807, 2.05) is 13.8 Å². The van der Waals surface area contributed by atoms with E-state index in [-0.39, 0.29) is 6.04 Å². The van der Waals surface area contributed by atoms with Gasteiger partial charge in [-0.1, -0.05) is 19.3 Å². The summed E-state index contributed by atoms with van der Waals surface area (Å²) in [5.41, 5.74) is 7.92. The van der Waals surface area contributed by atoms with Gasteiger partial charge in [-0.3, -0.25) is 0 Å². The molecule has 0 spiro atoms. The van der Waals surface area contributed by atoms with E-state index in [1.165, 1.54) is 19.3 Å². The summed E-state index contributed by atoms with van der Waals surface area (Å²) in [5, 5.41) is 0. The van der Waals surface area contributed by atoms with Crippen LogP contribution in [0.2, 0.25) is 0 Å². The predicted octanol–water partition coefficient (Wildman–Crippen LogP) is 3.13. The van der Waals surface area contributed by atoms with E-state index in [9.17, 15) is 8.42 Å². The minimum absolute atomic E-state index is 0.0311. The topological polar surface area (TPSA) is 72.2 Å². The Morgan fingerprint density at radius 3 is 2.43 bits per heavy atom. The molecule has 0 bridgehead atoms. The van der Waals surface area contributed by atoms with E-state index >= 15 is 0 Å². The molecule has 1 aromatic rings. The van der Waals surface area contributed by atoms with Crippen LogP contribution in [0.15, 0.2) is 17.0 Å². The molecule has 1 fully saturated rings. The van der Waals surface area contributed by atoms with Crippen molar-refractivity contribution >= 4 is 15.7 Å². The van der Waals surface area contributed by atoms with E-state index in [0.29, 0.717) is 22.1 Å². The van der Waals surface area contributed by atoms with Crippen LogP contribution in [0.5, 0.6) is 0 Å². The summed E-state index contributed by atoms with van der Waals surface area (Å²) in [5.74, 6) is 0.441. The van der Waals surface area contributed by atoms with Gasteiger partial charge in [-0.2, -0.15) is 0 Å². The number of anilines is 1. The number of rotatable bonds is 4. The average molecular weight is 310 g/mol. The number of sulfonamides is 1. The van der Waals surface area contributed by atoms with Gasteiger partial charge < -0.3 is 5.73 Å². The quantitative estimate of drug-likeness (QED) is 0.839. The lowest BCUT2D eigenvalue weighted by Crippen LogP contribution is -2.39. The van der Waals surface area contributed by atoms with Crippen LogP contribution in [0.3, 0.4) is 0 Å². The Bertz CT molecular complexity index is 605. The number of aryl methyl sites for hydroxylation is 1. The Kier molecular flexibility index (Phi) is 4.94. The number of nitrogens with two attached hydrogens (primary N) is 1. The minimum Gasteiger partial charge on any atom is -0.398 e. The minimum atomic E-state index is -3.51. The van der Waals surface area contributed by atoms with Crippen LogP contribution in [-0.2, 0) is 10.0 Å². The van der Waals surface area contributed by atoms with Gasteiger partial charge in [-0.05, 0) is 62.8 Å². The van der Waals surface area contributed by atoms with Crippen molar-refractivity contribution in [3.63, 3.8) is 0 Å². The molecule has 0 saturated heterocycles. The molecule has 1 aliphatic carbocycles. The largest absolute Gasteiger partial charge is 0.398 e. The number of hydrogen-bond donors (Lipinski definition) is 2. The van der Waals surface area contributed by atoms with Crippen LogP contribution in [0, 0.1) is 19.8 Å². The maximum absolute atomic E-state index is 12.6. The van der Waals surface area contributed by atoms with E-state index in [2.05, 4.69) is 4.72 Å². The SMILES string of the molecule is Cc1cc(N)c(C)c(S(=O)(=O)NC(C)C2CCCCC2)c1. The first kappa shape index (κ1) is 16.3. The fourth-order valence-corrected chi connectivity index (χ4v) is 4.84. The lowest BCUT2D eigenvalue weighted by atomic mass is 9.85. The number of hydrogen-bond acceptors (Lipinski definition) is 3. The fraction of sp³-hybridized carbons (Fsp3) is 0.625. The van der Waals surface area contributed by atoms with E-state index < -0.39 is 10.0 Å². The van der Waals surface area contributed by atoms with Crippen LogP contribution in [-0.4, -0.2) is 14.5 Å². The second kappa shape index (κ2) is 6.36. The summed E-state index contributed by atoms with van der Waals surface area (Å²) in [7, 11) is -3.51. The Labute approximate surface area is 128 Å². The highest BCUT2D eigenvalue weighted by molar-refractivity contribution is 7.89. The molecule has 4 nitrogen and oxygen atoms in total. The van der Waals surface area contributed by atoms with Gasteiger partial charge in [-0.25, -0.2) is 13.1 Å². The molecule has 0 radical (unpaired) electrons. The second-order valence-corrected chi connectivity index (χ2v) is 7.97. The van der Waals surface area contributed by atoms with Crippen LogP contribution in [0.1, 0.15) is 50.2 Å². The maximum atomic E-state index is 12.6. The second-order valence-electron chi connectivity index (χ2n) is 6.29. The van der Waals surface area contributed by atoms with E-state index in [1.54, 1.807) is 19.1 Å². The number of benzene rings is 1. The van der Waals surface area contributed by atoms with Crippen LogP contribution < -0.4 is 10.5 Å². The Morgan fingerprint density at radius 1 is 1.19 bits per heavy atom. The Balaban J connectivity index is 2.22. The van der Waals surface area contributed by atoms with Gasteiger partial charge in [-0.15, -0.1) is 0 Å². The van der Waals surface area contributed by atoms with Gasteiger partial charge in [0.15, 0.2) is 0 Å². The average Bonchev–Trinajstić information content (AvgIpc) is 2.43. The van der Waals surface area contributed by atoms with Crippen LogP contribution >= 0.6 is 0 Å². The standard InChI is InChI=1S/C16H26N2O2S/c1-11-9-15(17)12(2)16(10-11)21(19,20)18-13(3)14-7-5-4-6-8-14/h9-10,13-14,18H,4-8,17H2,1-3H3. The molecule has 5 heteroatoms. The smallest absolute Gasteiger partial charge is 0.241 e. The molecule has 1 atom stereocenters. The summed E-state index contributed by atoms with van der Waals surface area (Å²) >= 11 is 0. The lowest BCUT2D eigenvalue weighted by Gasteiger charge is -2.28. The zero-order valence-electron chi connectivity index (χ0n) is 13.1.